The predicted octanol–water partition coefficient (Wildman–Crippen LogP) is 1.53. The fourth-order valence-electron chi connectivity index (χ4n) is 1.64. The molecule has 4 heteroatoms. The van der Waals surface area contributed by atoms with Gasteiger partial charge in [0.1, 0.15) is 11.6 Å². The number of nitrogens with zero attached hydrogens (tertiary/aromatic N) is 2. The molecule has 1 rings (SSSR count). The van der Waals surface area contributed by atoms with E-state index in [0.29, 0.717) is 12.8 Å². The molecule has 1 unspecified atom stereocenters. The van der Waals surface area contributed by atoms with Gasteiger partial charge >= 0.3 is 0 Å². The predicted molar refractivity (Wildman–Crippen MR) is 64.1 cm³/mol. The van der Waals surface area contributed by atoms with Crippen molar-refractivity contribution in [3.8, 4) is 0 Å². The fourth-order valence-corrected chi connectivity index (χ4v) is 1.64. The topological polar surface area (TPSA) is 60.9 Å². The largest absolute Gasteiger partial charge is 0.335 e. The second kappa shape index (κ2) is 6.43. The summed E-state index contributed by atoms with van der Waals surface area (Å²) < 4.78 is 2.04. The van der Waals surface area contributed by atoms with E-state index in [2.05, 4.69) is 11.9 Å². The van der Waals surface area contributed by atoms with Crippen LogP contribution in [0, 0.1) is 0 Å². The Kier molecular flexibility index (Phi) is 5.19. The van der Waals surface area contributed by atoms with Gasteiger partial charge in [-0.1, -0.05) is 13.8 Å². The molecule has 1 aromatic heterocycles. The lowest BCUT2D eigenvalue weighted by Gasteiger charge is -2.08. The van der Waals surface area contributed by atoms with Gasteiger partial charge < -0.3 is 10.3 Å². The molecule has 0 aromatic carbocycles. The Morgan fingerprint density at radius 2 is 2.31 bits per heavy atom. The van der Waals surface area contributed by atoms with E-state index in [1.54, 1.807) is 6.20 Å². The molecule has 0 radical (unpaired) electrons. The maximum Gasteiger partial charge on any atom is 0.141 e. The Morgan fingerprint density at radius 3 is 2.94 bits per heavy atom. The minimum absolute atomic E-state index is 0.0120. The summed E-state index contributed by atoms with van der Waals surface area (Å²) >= 11 is 0. The number of imidazole rings is 1. The van der Waals surface area contributed by atoms with Crippen molar-refractivity contribution in [2.24, 2.45) is 5.73 Å². The highest BCUT2D eigenvalue weighted by molar-refractivity contribution is 5.80. The summed E-state index contributed by atoms with van der Waals surface area (Å²) in [6.07, 6.45) is 6.42. The Labute approximate surface area is 96.9 Å². The normalized spacial score (nSPS) is 12.7. The van der Waals surface area contributed by atoms with Crippen LogP contribution in [0.3, 0.4) is 0 Å². The minimum atomic E-state index is -0.0120. The van der Waals surface area contributed by atoms with Crippen LogP contribution >= 0.6 is 0 Å². The Hall–Kier alpha value is -1.16. The molecule has 0 aliphatic rings. The molecule has 0 spiro atoms. The van der Waals surface area contributed by atoms with Gasteiger partial charge in [0.25, 0.3) is 0 Å². The number of hydrogen-bond acceptors (Lipinski definition) is 3. The second-order valence-electron chi connectivity index (χ2n) is 4.12. The number of hydrogen-bond donors (Lipinski definition) is 1. The van der Waals surface area contributed by atoms with Crippen molar-refractivity contribution in [3.05, 3.63) is 18.2 Å². The smallest absolute Gasteiger partial charge is 0.141 e. The standard InChI is InChI=1S/C12H21N3O/c1-3-6-15-7-5-14-12(15)9-11(16)8-10(13)4-2/h5,7,10H,3-4,6,8-9,13H2,1-2H3. The summed E-state index contributed by atoms with van der Waals surface area (Å²) in [6.45, 7) is 5.02. The maximum atomic E-state index is 11.7. The summed E-state index contributed by atoms with van der Waals surface area (Å²) in [5.74, 6) is 1.04. The number of Topliss-reactive ketones (excluding diaryl/α,β-unsaturated/α-hetero) is 1. The average Bonchev–Trinajstić information content (AvgIpc) is 2.66. The molecule has 0 saturated carbocycles. The minimum Gasteiger partial charge on any atom is -0.335 e. The van der Waals surface area contributed by atoms with E-state index in [-0.39, 0.29) is 11.8 Å². The van der Waals surface area contributed by atoms with Crippen molar-refractivity contribution in [2.45, 2.75) is 52.1 Å². The van der Waals surface area contributed by atoms with E-state index in [4.69, 9.17) is 5.73 Å². The number of carbonyl (C=O) groups excluding carboxylic acids is 1. The lowest BCUT2D eigenvalue weighted by Crippen LogP contribution is -2.24. The number of aromatic nitrogens is 2. The van der Waals surface area contributed by atoms with Crippen LogP contribution in [-0.2, 0) is 17.8 Å². The maximum absolute atomic E-state index is 11.7. The van der Waals surface area contributed by atoms with Gasteiger partial charge in [-0.25, -0.2) is 4.98 Å². The van der Waals surface area contributed by atoms with Crippen molar-refractivity contribution in [2.75, 3.05) is 0 Å². The molecule has 90 valence electrons. The molecule has 0 aliphatic heterocycles. The Balaban J connectivity index is 2.52. The number of rotatable bonds is 7. The summed E-state index contributed by atoms with van der Waals surface area (Å²) in [5.41, 5.74) is 5.75. The van der Waals surface area contributed by atoms with Crippen LogP contribution in [0.4, 0.5) is 0 Å². The zero-order valence-corrected chi connectivity index (χ0v) is 10.1. The van der Waals surface area contributed by atoms with Gasteiger partial charge in [-0.05, 0) is 12.8 Å². The van der Waals surface area contributed by atoms with Crippen LogP contribution in [-0.4, -0.2) is 21.4 Å². The van der Waals surface area contributed by atoms with E-state index in [9.17, 15) is 4.79 Å². The van der Waals surface area contributed by atoms with Gasteiger partial charge in [0, 0.05) is 31.4 Å². The monoisotopic (exact) mass is 223 g/mol. The Morgan fingerprint density at radius 1 is 1.56 bits per heavy atom. The molecule has 16 heavy (non-hydrogen) atoms. The number of carbonyl (C=O) groups is 1. The number of aryl methyl sites for hydroxylation is 1. The first-order valence-corrected chi connectivity index (χ1v) is 5.94. The van der Waals surface area contributed by atoms with Crippen LogP contribution in [0.25, 0.3) is 0 Å². The lowest BCUT2D eigenvalue weighted by molar-refractivity contribution is -0.118. The van der Waals surface area contributed by atoms with Gasteiger partial charge in [-0.3, -0.25) is 4.79 Å². The summed E-state index contributed by atoms with van der Waals surface area (Å²) in [7, 11) is 0. The fraction of sp³-hybridized carbons (Fsp3) is 0.667. The van der Waals surface area contributed by atoms with Gasteiger partial charge in [0.2, 0.25) is 0 Å². The Bertz CT molecular complexity index is 333. The summed E-state index contributed by atoms with van der Waals surface area (Å²) in [5, 5.41) is 0. The third kappa shape index (κ3) is 3.77. The van der Waals surface area contributed by atoms with E-state index in [1.165, 1.54) is 0 Å². The molecule has 0 bridgehead atoms. The SMILES string of the molecule is CCCn1ccnc1CC(=O)CC(N)CC. The number of ketones is 1. The van der Waals surface area contributed by atoms with Crippen LogP contribution in [0.1, 0.15) is 38.9 Å². The van der Waals surface area contributed by atoms with E-state index in [0.717, 1.165) is 25.2 Å². The quantitative estimate of drug-likeness (QED) is 0.762. The molecule has 4 nitrogen and oxygen atoms in total. The first-order chi connectivity index (χ1) is 7.67. The van der Waals surface area contributed by atoms with Crippen molar-refractivity contribution >= 4 is 5.78 Å². The second-order valence-corrected chi connectivity index (χ2v) is 4.12. The van der Waals surface area contributed by atoms with Gasteiger partial charge in [0.15, 0.2) is 0 Å². The zero-order valence-electron chi connectivity index (χ0n) is 10.1. The molecule has 1 heterocycles. The van der Waals surface area contributed by atoms with E-state index >= 15 is 0 Å². The van der Waals surface area contributed by atoms with Crippen molar-refractivity contribution in [3.63, 3.8) is 0 Å². The van der Waals surface area contributed by atoms with Crippen molar-refractivity contribution in [1.29, 1.82) is 0 Å². The highest BCUT2D eigenvalue weighted by Gasteiger charge is 2.11. The first kappa shape index (κ1) is 12.9. The molecule has 0 amide bonds. The molecule has 1 atom stereocenters. The summed E-state index contributed by atoms with van der Waals surface area (Å²) in [6, 6.07) is -0.0120. The average molecular weight is 223 g/mol. The van der Waals surface area contributed by atoms with Crippen LogP contribution < -0.4 is 5.73 Å². The van der Waals surface area contributed by atoms with Crippen LogP contribution in [0.5, 0.6) is 0 Å². The summed E-state index contributed by atoms with van der Waals surface area (Å²) in [4.78, 5) is 15.9. The lowest BCUT2D eigenvalue weighted by atomic mass is 10.1. The third-order valence-electron chi connectivity index (χ3n) is 2.64. The van der Waals surface area contributed by atoms with E-state index in [1.807, 2.05) is 17.7 Å². The molecule has 1 aromatic rings. The molecule has 0 saturated heterocycles. The highest BCUT2D eigenvalue weighted by Crippen LogP contribution is 2.04. The molecule has 0 aliphatic carbocycles. The first-order valence-electron chi connectivity index (χ1n) is 5.94. The van der Waals surface area contributed by atoms with E-state index < -0.39 is 0 Å². The third-order valence-corrected chi connectivity index (χ3v) is 2.64. The molecular formula is C12H21N3O. The zero-order chi connectivity index (χ0) is 12.0. The molecular weight excluding hydrogens is 202 g/mol. The van der Waals surface area contributed by atoms with Gasteiger partial charge in [0.05, 0.1) is 6.42 Å². The highest BCUT2D eigenvalue weighted by atomic mass is 16.1. The molecule has 2 N–H and O–H groups in total. The van der Waals surface area contributed by atoms with Crippen molar-refractivity contribution < 1.29 is 4.79 Å². The van der Waals surface area contributed by atoms with Gasteiger partial charge in [-0.15, -0.1) is 0 Å². The van der Waals surface area contributed by atoms with Crippen LogP contribution in [0.2, 0.25) is 0 Å². The molecule has 0 fully saturated rings. The number of nitrogens with two attached hydrogens (primary N) is 1. The van der Waals surface area contributed by atoms with Crippen LogP contribution in [0.15, 0.2) is 12.4 Å². The van der Waals surface area contributed by atoms with Crippen molar-refractivity contribution in [1.82, 2.24) is 9.55 Å². The van der Waals surface area contributed by atoms with Gasteiger partial charge in [-0.2, -0.15) is 0 Å².